The van der Waals surface area contributed by atoms with Gasteiger partial charge in [0.15, 0.2) is 0 Å². The molecular weight excluding hydrogens is 399 g/mol. The lowest BCUT2D eigenvalue weighted by molar-refractivity contribution is -0.384. The highest BCUT2D eigenvalue weighted by Gasteiger charge is 2.16. The summed E-state index contributed by atoms with van der Waals surface area (Å²) >= 11 is 11.5. The first-order valence-electron chi connectivity index (χ1n) is 7.63. The van der Waals surface area contributed by atoms with Gasteiger partial charge >= 0.3 is 5.97 Å². The fraction of sp³-hybridized carbons (Fsp3) is 0.176. The van der Waals surface area contributed by atoms with Crippen molar-refractivity contribution in [2.75, 3.05) is 19.8 Å². The number of hydrogen-bond donors (Lipinski definition) is 1. The smallest absolute Gasteiger partial charge is 0.325 e. The molecule has 2 aromatic carbocycles. The Morgan fingerprint density at radius 1 is 1.11 bits per heavy atom. The van der Waals surface area contributed by atoms with Gasteiger partial charge in [-0.05, 0) is 30.3 Å². The van der Waals surface area contributed by atoms with Gasteiger partial charge in [-0.25, -0.2) is 0 Å². The molecule has 0 saturated carbocycles. The molecule has 0 atom stereocenters. The molecule has 0 heterocycles. The summed E-state index contributed by atoms with van der Waals surface area (Å²) in [6.45, 7) is -0.302. The van der Waals surface area contributed by atoms with Crippen LogP contribution < -0.4 is 10.1 Å². The van der Waals surface area contributed by atoms with E-state index < -0.39 is 29.0 Å². The van der Waals surface area contributed by atoms with Gasteiger partial charge in [-0.3, -0.25) is 19.7 Å². The number of carbonyl (C=O) groups is 2. The lowest BCUT2D eigenvalue weighted by atomic mass is 10.2. The van der Waals surface area contributed by atoms with Gasteiger partial charge in [0, 0.05) is 16.7 Å². The summed E-state index contributed by atoms with van der Waals surface area (Å²) < 4.78 is 10.3. The largest absolute Gasteiger partial charge is 0.490 e. The number of halogens is 2. The maximum atomic E-state index is 12.0. The van der Waals surface area contributed by atoms with Gasteiger partial charge in [0.05, 0.1) is 4.92 Å². The third kappa shape index (κ3) is 6.43. The minimum Gasteiger partial charge on any atom is -0.490 e. The molecule has 0 aromatic heterocycles. The van der Waals surface area contributed by atoms with Crippen LogP contribution in [0, 0.1) is 10.1 Å². The maximum Gasteiger partial charge on any atom is 0.325 e. The molecule has 27 heavy (non-hydrogen) atoms. The summed E-state index contributed by atoms with van der Waals surface area (Å²) in [5, 5.41) is 13.6. The van der Waals surface area contributed by atoms with E-state index in [1.54, 1.807) is 24.3 Å². The van der Waals surface area contributed by atoms with Crippen LogP contribution in [0.4, 0.5) is 5.69 Å². The van der Waals surface area contributed by atoms with Gasteiger partial charge in [-0.1, -0.05) is 29.3 Å². The fourth-order valence-corrected chi connectivity index (χ4v) is 2.34. The third-order valence-electron chi connectivity index (χ3n) is 3.21. The molecular formula is C17H14Cl2N2O6. The number of carbonyl (C=O) groups excluding carboxylic acids is 2. The Bertz CT molecular complexity index is 859. The molecule has 0 aliphatic heterocycles. The second kappa shape index (κ2) is 9.75. The van der Waals surface area contributed by atoms with E-state index in [1.807, 2.05) is 0 Å². The standard InChI is InChI=1S/C17H14Cl2N2O6/c18-12-2-1-3-13(9-12)26-6-7-27-16(22)10-20-17(23)11-4-5-14(19)15(8-11)21(24)25/h1-5,8-9H,6-7,10H2,(H,20,23). The molecule has 2 rings (SSSR count). The lowest BCUT2D eigenvalue weighted by Gasteiger charge is -2.08. The molecule has 1 amide bonds. The van der Waals surface area contributed by atoms with E-state index in [0.717, 1.165) is 6.07 Å². The molecule has 0 aliphatic rings. The molecule has 0 bridgehead atoms. The van der Waals surface area contributed by atoms with Crippen LogP contribution >= 0.6 is 23.2 Å². The molecule has 2 aromatic rings. The van der Waals surface area contributed by atoms with Crippen molar-refractivity contribution < 1.29 is 24.0 Å². The molecule has 10 heteroatoms. The number of ether oxygens (including phenoxy) is 2. The van der Waals surface area contributed by atoms with Gasteiger partial charge in [-0.2, -0.15) is 0 Å². The van der Waals surface area contributed by atoms with Crippen molar-refractivity contribution in [3.05, 3.63) is 68.2 Å². The van der Waals surface area contributed by atoms with Gasteiger partial charge in [0.1, 0.15) is 30.5 Å². The Labute approximate surface area is 164 Å². The van der Waals surface area contributed by atoms with Crippen LogP contribution in [0.1, 0.15) is 10.4 Å². The van der Waals surface area contributed by atoms with E-state index in [-0.39, 0.29) is 23.8 Å². The minimum absolute atomic E-state index is 0.00295. The molecule has 0 radical (unpaired) electrons. The number of nitro groups is 1. The van der Waals surface area contributed by atoms with Crippen molar-refractivity contribution >= 4 is 40.8 Å². The highest BCUT2D eigenvalue weighted by molar-refractivity contribution is 6.32. The summed E-state index contributed by atoms with van der Waals surface area (Å²) in [6, 6.07) is 10.3. The van der Waals surface area contributed by atoms with Gasteiger partial charge in [0.2, 0.25) is 0 Å². The first-order chi connectivity index (χ1) is 12.9. The highest BCUT2D eigenvalue weighted by atomic mass is 35.5. The van der Waals surface area contributed by atoms with Crippen molar-refractivity contribution in [1.29, 1.82) is 0 Å². The van der Waals surface area contributed by atoms with Crippen LogP contribution in [-0.4, -0.2) is 36.6 Å². The normalized spacial score (nSPS) is 10.1. The van der Waals surface area contributed by atoms with E-state index in [9.17, 15) is 19.7 Å². The summed E-state index contributed by atoms with van der Waals surface area (Å²) in [5.74, 6) is -0.806. The zero-order valence-corrected chi connectivity index (χ0v) is 15.3. The van der Waals surface area contributed by atoms with Gasteiger partial charge in [0.25, 0.3) is 11.6 Å². The average molecular weight is 413 g/mol. The Morgan fingerprint density at radius 2 is 1.89 bits per heavy atom. The number of rotatable bonds is 8. The average Bonchev–Trinajstić information content (AvgIpc) is 2.63. The number of hydrogen-bond acceptors (Lipinski definition) is 6. The maximum absolute atomic E-state index is 12.0. The van der Waals surface area contributed by atoms with E-state index >= 15 is 0 Å². The Kier molecular flexibility index (Phi) is 7.39. The van der Waals surface area contributed by atoms with Crippen LogP contribution in [0.2, 0.25) is 10.0 Å². The van der Waals surface area contributed by atoms with Crippen molar-refractivity contribution in [1.82, 2.24) is 5.32 Å². The first-order valence-corrected chi connectivity index (χ1v) is 8.38. The van der Waals surface area contributed by atoms with Crippen LogP contribution in [0.3, 0.4) is 0 Å². The molecule has 0 aliphatic carbocycles. The molecule has 0 fully saturated rings. The minimum atomic E-state index is -0.701. The molecule has 0 spiro atoms. The number of nitro benzene ring substituents is 1. The SMILES string of the molecule is O=C(CNC(=O)c1ccc(Cl)c([N+](=O)[O-])c1)OCCOc1cccc(Cl)c1. The van der Waals surface area contributed by atoms with Gasteiger partial charge < -0.3 is 14.8 Å². The number of nitrogens with zero attached hydrogens (tertiary/aromatic N) is 1. The van der Waals surface area contributed by atoms with Crippen molar-refractivity contribution in [3.8, 4) is 5.75 Å². The topological polar surface area (TPSA) is 108 Å². The van der Waals surface area contributed by atoms with Crippen molar-refractivity contribution in [3.63, 3.8) is 0 Å². The summed E-state index contributed by atoms with van der Waals surface area (Å²) in [6.07, 6.45) is 0. The fourth-order valence-electron chi connectivity index (χ4n) is 1.97. The third-order valence-corrected chi connectivity index (χ3v) is 3.76. The number of nitrogens with one attached hydrogen (secondary N) is 1. The summed E-state index contributed by atoms with van der Waals surface area (Å²) in [4.78, 5) is 33.7. The number of amides is 1. The molecule has 0 saturated heterocycles. The quantitative estimate of drug-likeness (QED) is 0.308. The van der Waals surface area contributed by atoms with Gasteiger partial charge in [-0.15, -0.1) is 0 Å². The second-order valence-electron chi connectivity index (χ2n) is 5.13. The van der Waals surface area contributed by atoms with E-state index in [1.165, 1.54) is 12.1 Å². The van der Waals surface area contributed by atoms with Crippen LogP contribution in [0.25, 0.3) is 0 Å². The molecule has 1 N–H and O–H groups in total. The zero-order valence-electron chi connectivity index (χ0n) is 13.8. The Morgan fingerprint density at radius 3 is 2.59 bits per heavy atom. The van der Waals surface area contributed by atoms with Crippen molar-refractivity contribution in [2.24, 2.45) is 0 Å². The predicted molar refractivity (Wildman–Crippen MR) is 98.3 cm³/mol. The molecule has 0 unspecified atom stereocenters. The molecule has 8 nitrogen and oxygen atoms in total. The molecule has 142 valence electrons. The van der Waals surface area contributed by atoms with Crippen LogP contribution in [-0.2, 0) is 9.53 Å². The summed E-state index contributed by atoms with van der Waals surface area (Å²) in [7, 11) is 0. The van der Waals surface area contributed by atoms with Crippen LogP contribution in [0.15, 0.2) is 42.5 Å². The monoisotopic (exact) mass is 412 g/mol. The first kappa shape index (κ1) is 20.5. The highest BCUT2D eigenvalue weighted by Crippen LogP contribution is 2.25. The Balaban J connectivity index is 1.74. The Hall–Kier alpha value is -2.84. The van der Waals surface area contributed by atoms with Crippen LogP contribution in [0.5, 0.6) is 5.75 Å². The predicted octanol–water partition coefficient (Wildman–Crippen LogP) is 3.25. The summed E-state index contributed by atoms with van der Waals surface area (Å²) in [5.41, 5.74) is -0.395. The second-order valence-corrected chi connectivity index (χ2v) is 5.98. The van der Waals surface area contributed by atoms with Crippen molar-refractivity contribution in [2.45, 2.75) is 0 Å². The lowest BCUT2D eigenvalue weighted by Crippen LogP contribution is -2.31. The number of esters is 1. The number of benzene rings is 2. The zero-order chi connectivity index (χ0) is 19.8. The van der Waals surface area contributed by atoms with E-state index in [2.05, 4.69) is 5.32 Å². The van der Waals surface area contributed by atoms with E-state index in [4.69, 9.17) is 32.7 Å². The van der Waals surface area contributed by atoms with E-state index in [0.29, 0.717) is 10.8 Å².